The zero-order valence-electron chi connectivity index (χ0n) is 11.2. The number of oxime groups is 1. The van der Waals surface area contributed by atoms with Gasteiger partial charge in [-0.05, 0) is 49.0 Å². The highest BCUT2D eigenvalue weighted by molar-refractivity contribution is 5.97. The average Bonchev–Trinajstić information content (AvgIpc) is 2.49. The highest BCUT2D eigenvalue weighted by Gasteiger charge is 2.01. The van der Waals surface area contributed by atoms with E-state index >= 15 is 0 Å². The third-order valence-electron chi connectivity index (χ3n) is 2.80. The van der Waals surface area contributed by atoms with Crippen LogP contribution in [0.3, 0.4) is 0 Å². The number of ether oxygens (including phenoxy) is 1. The fraction of sp³-hybridized carbons (Fsp3) is 0.133. The lowest BCUT2D eigenvalue weighted by Gasteiger charge is -2.07. The quantitative estimate of drug-likeness (QED) is 0.337. The summed E-state index contributed by atoms with van der Waals surface area (Å²) in [6.07, 6.45) is 0. The van der Waals surface area contributed by atoms with Crippen LogP contribution in [-0.2, 0) is 6.54 Å². The number of nitrogens with two attached hydrogens (primary N) is 1. The Morgan fingerprint density at radius 3 is 2.15 bits per heavy atom. The van der Waals surface area contributed by atoms with Crippen LogP contribution in [0, 0.1) is 0 Å². The number of nitrogens with one attached hydrogen (secondary N) is 1. The maximum absolute atomic E-state index is 8.59. The third-order valence-corrected chi connectivity index (χ3v) is 2.80. The highest BCUT2D eigenvalue weighted by Crippen LogP contribution is 2.22. The van der Waals surface area contributed by atoms with E-state index in [1.807, 2.05) is 31.3 Å². The lowest BCUT2D eigenvalue weighted by atomic mass is 10.2. The average molecular weight is 271 g/mol. The van der Waals surface area contributed by atoms with E-state index < -0.39 is 0 Å². The molecule has 20 heavy (non-hydrogen) atoms. The van der Waals surface area contributed by atoms with Gasteiger partial charge in [-0.15, -0.1) is 0 Å². The number of amidine groups is 1. The van der Waals surface area contributed by atoms with Gasteiger partial charge < -0.3 is 21.0 Å². The molecule has 0 atom stereocenters. The van der Waals surface area contributed by atoms with Crippen LogP contribution in [0.2, 0.25) is 0 Å². The summed E-state index contributed by atoms with van der Waals surface area (Å²) in [7, 11) is 1.91. The van der Waals surface area contributed by atoms with Crippen LogP contribution in [0.25, 0.3) is 0 Å². The first-order valence-electron chi connectivity index (χ1n) is 6.22. The van der Waals surface area contributed by atoms with Gasteiger partial charge in [-0.1, -0.05) is 17.3 Å². The summed E-state index contributed by atoms with van der Waals surface area (Å²) in [5.41, 5.74) is 7.33. The Bertz CT molecular complexity index is 577. The minimum atomic E-state index is 0.0768. The summed E-state index contributed by atoms with van der Waals surface area (Å²) >= 11 is 0. The Balaban J connectivity index is 2.06. The molecule has 0 aromatic heterocycles. The van der Waals surface area contributed by atoms with Crippen molar-refractivity contribution in [3.05, 3.63) is 59.7 Å². The van der Waals surface area contributed by atoms with Crippen LogP contribution < -0.4 is 15.8 Å². The minimum Gasteiger partial charge on any atom is -0.457 e. The molecule has 0 aliphatic heterocycles. The van der Waals surface area contributed by atoms with Crippen LogP contribution in [0.1, 0.15) is 11.1 Å². The molecule has 5 nitrogen and oxygen atoms in total. The topological polar surface area (TPSA) is 79.9 Å². The van der Waals surface area contributed by atoms with Crippen molar-refractivity contribution in [2.75, 3.05) is 7.05 Å². The van der Waals surface area contributed by atoms with E-state index in [1.165, 1.54) is 5.56 Å². The molecule has 2 aromatic carbocycles. The molecule has 0 saturated carbocycles. The minimum absolute atomic E-state index is 0.0768. The van der Waals surface area contributed by atoms with Crippen molar-refractivity contribution in [1.82, 2.24) is 5.32 Å². The highest BCUT2D eigenvalue weighted by atomic mass is 16.5. The Morgan fingerprint density at radius 1 is 1.10 bits per heavy atom. The standard InChI is InChI=1S/C15H17N3O2/c1-17-10-11-2-6-13(7-3-11)20-14-8-4-12(5-9-14)15(16)18-19/h2-9,17,19H,10H2,1H3,(H2,16,18). The van der Waals surface area contributed by atoms with Crippen molar-refractivity contribution in [2.24, 2.45) is 10.9 Å². The predicted octanol–water partition coefficient (Wildman–Crippen LogP) is 2.29. The van der Waals surface area contributed by atoms with Crippen LogP contribution in [-0.4, -0.2) is 18.1 Å². The van der Waals surface area contributed by atoms with Crippen LogP contribution >= 0.6 is 0 Å². The molecule has 0 amide bonds. The number of hydrogen-bond donors (Lipinski definition) is 3. The third kappa shape index (κ3) is 3.49. The van der Waals surface area contributed by atoms with E-state index in [9.17, 15) is 0 Å². The van der Waals surface area contributed by atoms with Gasteiger partial charge in [0, 0.05) is 12.1 Å². The van der Waals surface area contributed by atoms with Gasteiger partial charge in [0.1, 0.15) is 11.5 Å². The number of nitrogens with zero attached hydrogens (tertiary/aromatic N) is 1. The molecular weight excluding hydrogens is 254 g/mol. The van der Waals surface area contributed by atoms with Crippen molar-refractivity contribution in [1.29, 1.82) is 0 Å². The van der Waals surface area contributed by atoms with Gasteiger partial charge >= 0.3 is 0 Å². The zero-order valence-corrected chi connectivity index (χ0v) is 11.2. The molecule has 0 aliphatic rings. The van der Waals surface area contributed by atoms with Gasteiger partial charge in [0.2, 0.25) is 0 Å². The van der Waals surface area contributed by atoms with E-state index in [0.29, 0.717) is 11.3 Å². The molecule has 2 rings (SSSR count). The lowest BCUT2D eigenvalue weighted by Crippen LogP contribution is -2.12. The monoisotopic (exact) mass is 271 g/mol. The normalized spacial score (nSPS) is 11.3. The second kappa shape index (κ2) is 6.58. The Morgan fingerprint density at radius 2 is 1.65 bits per heavy atom. The molecule has 0 heterocycles. The molecular formula is C15H17N3O2. The second-order valence-electron chi connectivity index (χ2n) is 4.29. The van der Waals surface area contributed by atoms with Gasteiger partial charge in [0.25, 0.3) is 0 Å². The first kappa shape index (κ1) is 13.9. The van der Waals surface area contributed by atoms with Crippen molar-refractivity contribution in [3.63, 3.8) is 0 Å². The summed E-state index contributed by atoms with van der Waals surface area (Å²) < 4.78 is 5.72. The predicted molar refractivity (Wildman–Crippen MR) is 78.2 cm³/mol. The summed E-state index contributed by atoms with van der Waals surface area (Å²) in [5, 5.41) is 14.6. The van der Waals surface area contributed by atoms with E-state index in [0.717, 1.165) is 12.3 Å². The Kier molecular flexibility index (Phi) is 4.57. The number of rotatable bonds is 5. The SMILES string of the molecule is CNCc1ccc(Oc2ccc(C(N)=NO)cc2)cc1. The van der Waals surface area contributed by atoms with Crippen molar-refractivity contribution in [2.45, 2.75) is 6.54 Å². The summed E-state index contributed by atoms with van der Waals surface area (Å²) in [4.78, 5) is 0. The van der Waals surface area contributed by atoms with E-state index in [4.69, 9.17) is 15.7 Å². The van der Waals surface area contributed by atoms with Gasteiger partial charge in [0.05, 0.1) is 0 Å². The van der Waals surface area contributed by atoms with Crippen LogP contribution in [0.4, 0.5) is 0 Å². The summed E-state index contributed by atoms with van der Waals surface area (Å²) in [6.45, 7) is 0.828. The zero-order chi connectivity index (χ0) is 14.4. The van der Waals surface area contributed by atoms with E-state index in [-0.39, 0.29) is 5.84 Å². The van der Waals surface area contributed by atoms with E-state index in [1.54, 1.807) is 24.3 Å². The van der Waals surface area contributed by atoms with Crippen LogP contribution in [0.15, 0.2) is 53.7 Å². The molecule has 0 spiro atoms. The molecule has 0 saturated heterocycles. The first-order valence-corrected chi connectivity index (χ1v) is 6.22. The molecule has 4 N–H and O–H groups in total. The molecule has 0 unspecified atom stereocenters. The first-order chi connectivity index (χ1) is 9.72. The van der Waals surface area contributed by atoms with Gasteiger partial charge in [-0.2, -0.15) is 0 Å². The summed E-state index contributed by atoms with van der Waals surface area (Å²) in [6, 6.07) is 14.9. The molecule has 5 heteroatoms. The van der Waals surface area contributed by atoms with Crippen LogP contribution in [0.5, 0.6) is 11.5 Å². The van der Waals surface area contributed by atoms with E-state index in [2.05, 4.69) is 10.5 Å². The number of hydrogen-bond acceptors (Lipinski definition) is 4. The molecule has 2 aromatic rings. The fourth-order valence-electron chi connectivity index (χ4n) is 1.77. The Labute approximate surface area is 117 Å². The molecule has 0 bridgehead atoms. The maximum atomic E-state index is 8.59. The summed E-state index contributed by atoms with van der Waals surface area (Å²) in [5.74, 6) is 1.54. The van der Waals surface area contributed by atoms with Gasteiger partial charge in [-0.25, -0.2) is 0 Å². The van der Waals surface area contributed by atoms with Gasteiger partial charge in [0.15, 0.2) is 5.84 Å². The van der Waals surface area contributed by atoms with Gasteiger partial charge in [-0.3, -0.25) is 0 Å². The second-order valence-corrected chi connectivity index (χ2v) is 4.29. The fourth-order valence-corrected chi connectivity index (χ4v) is 1.77. The van der Waals surface area contributed by atoms with Crippen molar-refractivity contribution < 1.29 is 9.94 Å². The smallest absolute Gasteiger partial charge is 0.170 e. The molecule has 104 valence electrons. The Hall–Kier alpha value is -2.53. The maximum Gasteiger partial charge on any atom is 0.170 e. The number of benzene rings is 2. The molecule has 0 aliphatic carbocycles. The lowest BCUT2D eigenvalue weighted by molar-refractivity contribution is 0.318. The molecule has 0 fully saturated rings. The molecule has 0 radical (unpaired) electrons. The largest absolute Gasteiger partial charge is 0.457 e. The van der Waals surface area contributed by atoms with Crippen molar-refractivity contribution in [3.8, 4) is 11.5 Å². The van der Waals surface area contributed by atoms with Crippen molar-refractivity contribution >= 4 is 5.84 Å².